The Morgan fingerprint density at radius 2 is 2.08 bits per heavy atom. The van der Waals surface area contributed by atoms with Crippen molar-refractivity contribution in [3.05, 3.63) is 69.2 Å². The number of methoxy groups -OCH3 is 1. The second-order valence-corrected chi connectivity index (χ2v) is 6.04. The Bertz CT molecular complexity index is 1120. The highest BCUT2D eigenvalue weighted by atomic mass is 32.1. The van der Waals surface area contributed by atoms with Gasteiger partial charge in [0.1, 0.15) is 5.75 Å². The Labute approximate surface area is 140 Å². The predicted molar refractivity (Wildman–Crippen MR) is 92.1 cm³/mol. The van der Waals surface area contributed by atoms with E-state index in [4.69, 9.17) is 4.74 Å². The molecule has 0 saturated carbocycles. The minimum absolute atomic E-state index is 0.191. The summed E-state index contributed by atoms with van der Waals surface area (Å²) < 4.78 is 7.21. The summed E-state index contributed by atoms with van der Waals surface area (Å²) in [6, 6.07) is 11.2. The minimum atomic E-state index is -0.191. The standard InChI is InChI=1S/C17H12N4O2S/c1-23-13-7-3-2-5-11(13)9-14-16(22)21-17(24-14)19-15(20-21)12-6-4-8-18-10-12/h2-10H,1H3. The number of aromatic nitrogens is 4. The van der Waals surface area contributed by atoms with Crippen molar-refractivity contribution in [1.82, 2.24) is 19.6 Å². The quantitative estimate of drug-likeness (QED) is 0.570. The van der Waals surface area contributed by atoms with E-state index in [0.29, 0.717) is 21.1 Å². The van der Waals surface area contributed by atoms with Gasteiger partial charge < -0.3 is 4.74 Å². The molecule has 7 heteroatoms. The molecule has 0 spiro atoms. The van der Waals surface area contributed by atoms with Crippen molar-refractivity contribution in [2.75, 3.05) is 7.11 Å². The van der Waals surface area contributed by atoms with Crippen LogP contribution in [0.15, 0.2) is 53.6 Å². The Balaban J connectivity index is 1.85. The zero-order chi connectivity index (χ0) is 16.5. The van der Waals surface area contributed by atoms with Crippen molar-refractivity contribution in [3.8, 4) is 17.1 Å². The highest BCUT2D eigenvalue weighted by molar-refractivity contribution is 7.15. The zero-order valence-electron chi connectivity index (χ0n) is 12.7. The lowest BCUT2D eigenvalue weighted by Crippen LogP contribution is -2.23. The first-order valence-electron chi connectivity index (χ1n) is 7.21. The Hall–Kier alpha value is -3.06. The van der Waals surface area contributed by atoms with Crippen molar-refractivity contribution < 1.29 is 4.74 Å². The van der Waals surface area contributed by atoms with Gasteiger partial charge in [-0.15, -0.1) is 5.10 Å². The van der Waals surface area contributed by atoms with Gasteiger partial charge in [0.05, 0.1) is 11.6 Å². The molecule has 0 atom stereocenters. The van der Waals surface area contributed by atoms with Crippen molar-refractivity contribution >= 4 is 22.4 Å². The number of thiazole rings is 1. The van der Waals surface area contributed by atoms with E-state index in [1.165, 1.54) is 15.9 Å². The normalized spacial score (nSPS) is 12.0. The molecule has 118 valence electrons. The molecular weight excluding hydrogens is 324 g/mol. The van der Waals surface area contributed by atoms with Gasteiger partial charge in [-0.05, 0) is 24.3 Å². The molecule has 0 N–H and O–H groups in total. The topological polar surface area (TPSA) is 69.4 Å². The second-order valence-electron chi connectivity index (χ2n) is 5.03. The van der Waals surface area contributed by atoms with Gasteiger partial charge in [-0.2, -0.15) is 9.50 Å². The van der Waals surface area contributed by atoms with E-state index in [9.17, 15) is 4.79 Å². The number of rotatable bonds is 3. The summed E-state index contributed by atoms with van der Waals surface area (Å²) in [6.07, 6.45) is 5.15. The number of nitrogens with zero attached hydrogens (tertiary/aromatic N) is 4. The number of pyridine rings is 1. The molecule has 0 aliphatic carbocycles. The fourth-order valence-corrected chi connectivity index (χ4v) is 3.28. The fourth-order valence-electron chi connectivity index (χ4n) is 2.38. The van der Waals surface area contributed by atoms with Gasteiger partial charge in [0.15, 0.2) is 5.82 Å². The molecule has 24 heavy (non-hydrogen) atoms. The Morgan fingerprint density at radius 3 is 2.83 bits per heavy atom. The number of benzene rings is 1. The molecule has 0 unspecified atom stereocenters. The average molecular weight is 336 g/mol. The number of para-hydroxylation sites is 1. The Morgan fingerprint density at radius 1 is 1.21 bits per heavy atom. The molecule has 0 amide bonds. The van der Waals surface area contributed by atoms with E-state index in [2.05, 4.69) is 15.1 Å². The molecular formula is C17H12N4O2S. The highest BCUT2D eigenvalue weighted by Crippen LogP contribution is 2.18. The maximum Gasteiger partial charge on any atom is 0.291 e. The van der Waals surface area contributed by atoms with Gasteiger partial charge >= 0.3 is 0 Å². The van der Waals surface area contributed by atoms with Crippen LogP contribution >= 0.6 is 11.3 Å². The van der Waals surface area contributed by atoms with Crippen LogP contribution in [0.5, 0.6) is 5.75 Å². The third kappa shape index (κ3) is 2.44. The number of fused-ring (bicyclic) bond motifs is 1. The SMILES string of the molecule is COc1ccccc1C=c1sc2nc(-c3cccnc3)nn2c1=O. The summed E-state index contributed by atoms with van der Waals surface area (Å²) in [4.78, 5) is 21.6. The fraction of sp³-hybridized carbons (Fsp3) is 0.0588. The van der Waals surface area contributed by atoms with Gasteiger partial charge in [-0.3, -0.25) is 9.78 Å². The van der Waals surface area contributed by atoms with Crippen LogP contribution in [-0.2, 0) is 0 Å². The van der Waals surface area contributed by atoms with Crippen LogP contribution < -0.4 is 14.8 Å². The summed E-state index contributed by atoms with van der Waals surface area (Å²) >= 11 is 1.30. The van der Waals surface area contributed by atoms with Gasteiger partial charge in [-0.1, -0.05) is 29.5 Å². The monoisotopic (exact) mass is 336 g/mol. The van der Waals surface area contributed by atoms with Crippen LogP contribution in [0.4, 0.5) is 0 Å². The molecule has 0 fully saturated rings. The van der Waals surface area contributed by atoms with E-state index in [1.807, 2.05) is 36.4 Å². The third-order valence-corrected chi connectivity index (χ3v) is 4.49. The van der Waals surface area contributed by atoms with E-state index in [1.54, 1.807) is 25.6 Å². The summed E-state index contributed by atoms with van der Waals surface area (Å²) in [5.74, 6) is 1.21. The first kappa shape index (κ1) is 14.5. The van der Waals surface area contributed by atoms with E-state index < -0.39 is 0 Å². The van der Waals surface area contributed by atoms with Crippen molar-refractivity contribution in [2.45, 2.75) is 0 Å². The van der Waals surface area contributed by atoms with Crippen LogP contribution in [0.25, 0.3) is 22.4 Å². The van der Waals surface area contributed by atoms with Crippen molar-refractivity contribution in [3.63, 3.8) is 0 Å². The predicted octanol–water partition coefficient (Wildman–Crippen LogP) is 1.77. The van der Waals surface area contributed by atoms with Crippen LogP contribution in [0.3, 0.4) is 0 Å². The van der Waals surface area contributed by atoms with Gasteiger partial charge in [0.25, 0.3) is 5.56 Å². The summed E-state index contributed by atoms with van der Waals surface area (Å²) in [7, 11) is 1.60. The van der Waals surface area contributed by atoms with Gasteiger partial charge in [0.2, 0.25) is 4.96 Å². The number of hydrogen-bond acceptors (Lipinski definition) is 6. The maximum absolute atomic E-state index is 12.6. The first-order chi connectivity index (χ1) is 11.8. The molecule has 0 bridgehead atoms. The minimum Gasteiger partial charge on any atom is -0.496 e. The van der Waals surface area contributed by atoms with Gasteiger partial charge in [-0.25, -0.2) is 0 Å². The zero-order valence-corrected chi connectivity index (χ0v) is 13.5. The molecule has 3 heterocycles. The molecule has 4 rings (SSSR count). The number of hydrogen-bond donors (Lipinski definition) is 0. The highest BCUT2D eigenvalue weighted by Gasteiger charge is 2.12. The smallest absolute Gasteiger partial charge is 0.291 e. The average Bonchev–Trinajstić information content (AvgIpc) is 3.16. The van der Waals surface area contributed by atoms with E-state index in [0.717, 1.165) is 11.1 Å². The summed E-state index contributed by atoms with van der Waals surface area (Å²) in [6.45, 7) is 0. The van der Waals surface area contributed by atoms with Crippen LogP contribution in [0.2, 0.25) is 0 Å². The molecule has 6 nitrogen and oxygen atoms in total. The number of ether oxygens (including phenoxy) is 1. The molecule has 0 aliphatic rings. The van der Waals surface area contributed by atoms with Crippen LogP contribution in [0.1, 0.15) is 5.56 Å². The maximum atomic E-state index is 12.6. The molecule has 1 aromatic carbocycles. The van der Waals surface area contributed by atoms with Gasteiger partial charge in [0, 0.05) is 23.5 Å². The second kappa shape index (κ2) is 5.86. The largest absolute Gasteiger partial charge is 0.496 e. The molecule has 0 aliphatic heterocycles. The molecule has 0 radical (unpaired) electrons. The van der Waals surface area contributed by atoms with E-state index in [-0.39, 0.29) is 5.56 Å². The van der Waals surface area contributed by atoms with E-state index >= 15 is 0 Å². The first-order valence-corrected chi connectivity index (χ1v) is 8.02. The lowest BCUT2D eigenvalue weighted by molar-refractivity contribution is 0.414. The van der Waals surface area contributed by atoms with Crippen molar-refractivity contribution in [2.24, 2.45) is 0 Å². The molecule has 0 saturated heterocycles. The molecule has 3 aromatic heterocycles. The third-order valence-electron chi connectivity index (χ3n) is 3.53. The van der Waals surface area contributed by atoms with Crippen LogP contribution in [-0.4, -0.2) is 26.7 Å². The lowest BCUT2D eigenvalue weighted by Gasteiger charge is -2.02. The van der Waals surface area contributed by atoms with Crippen molar-refractivity contribution in [1.29, 1.82) is 0 Å². The van der Waals surface area contributed by atoms with Crippen LogP contribution in [0, 0.1) is 0 Å². The molecule has 4 aromatic rings. The Kier molecular flexibility index (Phi) is 3.55. The summed E-state index contributed by atoms with van der Waals surface area (Å²) in [5, 5.41) is 4.30. The summed E-state index contributed by atoms with van der Waals surface area (Å²) in [5.41, 5.74) is 1.43. The lowest BCUT2D eigenvalue weighted by atomic mass is 10.2.